The predicted molar refractivity (Wildman–Crippen MR) is 128 cm³/mol. The van der Waals surface area contributed by atoms with Crippen LogP contribution in [0.1, 0.15) is 23.2 Å². The minimum absolute atomic E-state index is 0. The third kappa shape index (κ3) is 2.76. The number of hydrogen-bond donors (Lipinski definition) is 2. The first-order valence-electron chi connectivity index (χ1n) is 10.5. The summed E-state index contributed by atoms with van der Waals surface area (Å²) in [5, 5.41) is 4.51. The maximum atomic E-state index is 13.2. The summed E-state index contributed by atoms with van der Waals surface area (Å²) in [4.78, 5) is 26.2. The summed E-state index contributed by atoms with van der Waals surface area (Å²) < 4.78 is 4.22. The molecule has 1 atom stereocenters. The molecule has 7 heteroatoms. The maximum absolute atomic E-state index is 13.2. The second-order valence-corrected chi connectivity index (χ2v) is 8.45. The minimum atomic E-state index is -0.340. The van der Waals surface area contributed by atoms with Gasteiger partial charge in [0.1, 0.15) is 0 Å². The highest BCUT2D eigenvalue weighted by molar-refractivity contribution is 6.51. The van der Waals surface area contributed by atoms with E-state index in [1.54, 1.807) is 0 Å². The first kappa shape index (κ1) is 20.5. The van der Waals surface area contributed by atoms with E-state index >= 15 is 0 Å². The Kier molecular flexibility index (Phi) is 4.73. The van der Waals surface area contributed by atoms with Gasteiger partial charge in [0.2, 0.25) is 0 Å². The summed E-state index contributed by atoms with van der Waals surface area (Å²) in [5.41, 5.74) is 12.0. The van der Waals surface area contributed by atoms with Crippen LogP contribution in [0.2, 0.25) is 0 Å². The molecule has 0 fully saturated rings. The zero-order valence-electron chi connectivity index (χ0n) is 17.6. The fourth-order valence-corrected chi connectivity index (χ4v) is 5.24. The van der Waals surface area contributed by atoms with E-state index < -0.39 is 0 Å². The molecule has 0 saturated carbocycles. The summed E-state index contributed by atoms with van der Waals surface area (Å²) in [6.45, 7) is 0.711. The highest BCUT2D eigenvalue weighted by Gasteiger charge is 2.37. The van der Waals surface area contributed by atoms with Crippen LogP contribution in [-0.2, 0) is 29.6 Å². The molecular formula is C25H23ClN4O2. The lowest BCUT2D eigenvalue weighted by atomic mass is 9.92. The fraction of sp³-hybridized carbons (Fsp3) is 0.200. The van der Waals surface area contributed by atoms with Crippen LogP contribution in [0.5, 0.6) is 0 Å². The first-order chi connectivity index (χ1) is 15.0. The van der Waals surface area contributed by atoms with Crippen molar-refractivity contribution in [3.05, 3.63) is 71.5 Å². The van der Waals surface area contributed by atoms with Gasteiger partial charge in [0, 0.05) is 64.5 Å². The van der Waals surface area contributed by atoms with Gasteiger partial charge in [-0.3, -0.25) is 14.9 Å². The molecule has 0 spiro atoms. The molecule has 0 radical (unpaired) electrons. The zero-order valence-corrected chi connectivity index (χ0v) is 18.4. The quantitative estimate of drug-likeness (QED) is 0.463. The van der Waals surface area contributed by atoms with Crippen LogP contribution in [0.4, 0.5) is 0 Å². The molecule has 0 aliphatic carbocycles. The van der Waals surface area contributed by atoms with Gasteiger partial charge in [-0.25, -0.2) is 0 Å². The van der Waals surface area contributed by atoms with Crippen molar-refractivity contribution < 1.29 is 9.59 Å². The molecular weight excluding hydrogens is 424 g/mol. The van der Waals surface area contributed by atoms with Crippen molar-refractivity contribution in [2.45, 2.75) is 25.4 Å². The number of halogens is 1. The average Bonchev–Trinajstić information content (AvgIpc) is 3.37. The number of carbonyl (C=O) groups is 2. The maximum Gasteiger partial charge on any atom is 0.259 e. The Morgan fingerprint density at radius 3 is 2.38 bits per heavy atom. The predicted octanol–water partition coefficient (Wildman–Crippen LogP) is 3.40. The van der Waals surface area contributed by atoms with Crippen LogP contribution < -0.4 is 11.1 Å². The molecule has 6 rings (SSSR count). The number of nitrogens with one attached hydrogen (secondary N) is 1. The summed E-state index contributed by atoms with van der Waals surface area (Å²) in [5.74, 6) is -0.671. The Morgan fingerprint density at radius 2 is 1.59 bits per heavy atom. The van der Waals surface area contributed by atoms with Gasteiger partial charge >= 0.3 is 0 Å². The second-order valence-electron chi connectivity index (χ2n) is 8.45. The Hall–Kier alpha value is -3.35. The van der Waals surface area contributed by atoms with Crippen molar-refractivity contribution in [3.63, 3.8) is 0 Å². The number of imide groups is 1. The Balaban J connectivity index is 0.00000216. The number of nitrogens with zero attached hydrogens (tertiary/aromatic N) is 2. The number of fused-ring (bicyclic) bond motifs is 4. The largest absolute Gasteiger partial charge is 0.350 e. The van der Waals surface area contributed by atoms with E-state index in [2.05, 4.69) is 16.0 Å². The molecule has 4 heterocycles. The van der Waals surface area contributed by atoms with E-state index in [1.807, 2.05) is 60.3 Å². The van der Waals surface area contributed by atoms with E-state index in [1.165, 1.54) is 0 Å². The topological polar surface area (TPSA) is 82.0 Å². The molecule has 4 aromatic rings. The van der Waals surface area contributed by atoms with Crippen molar-refractivity contribution in [2.75, 3.05) is 0 Å². The van der Waals surface area contributed by atoms with Crippen LogP contribution in [0.25, 0.3) is 33.0 Å². The highest BCUT2D eigenvalue weighted by Crippen LogP contribution is 2.42. The van der Waals surface area contributed by atoms with Crippen LogP contribution in [0.3, 0.4) is 0 Å². The SMILES string of the molecule is Cl.Cn1cc(C2=C(c3c4n(c5ccccc35)CC(N)CC4)C(=O)NC2=O)c2ccccc21. The van der Waals surface area contributed by atoms with Gasteiger partial charge in [0.15, 0.2) is 0 Å². The summed E-state index contributed by atoms with van der Waals surface area (Å²) in [7, 11) is 1.96. The van der Waals surface area contributed by atoms with Crippen molar-refractivity contribution in [3.8, 4) is 0 Å². The first-order valence-corrected chi connectivity index (χ1v) is 10.5. The zero-order chi connectivity index (χ0) is 21.3. The van der Waals surface area contributed by atoms with Gasteiger partial charge in [-0.15, -0.1) is 12.4 Å². The fourth-order valence-electron chi connectivity index (χ4n) is 5.24. The molecule has 2 aromatic carbocycles. The molecule has 162 valence electrons. The van der Waals surface area contributed by atoms with E-state index in [-0.39, 0.29) is 30.3 Å². The van der Waals surface area contributed by atoms with Crippen molar-refractivity contribution in [1.29, 1.82) is 0 Å². The molecule has 2 aliphatic rings. The number of para-hydroxylation sites is 2. The van der Waals surface area contributed by atoms with E-state index in [0.717, 1.165) is 51.5 Å². The van der Waals surface area contributed by atoms with Crippen molar-refractivity contribution >= 4 is 57.2 Å². The standard InChI is InChI=1S/C25H22N4O2.ClH/c1-28-13-17(15-6-2-4-8-18(15)28)22-23(25(31)27-24(22)30)21-16-7-3-5-9-19(16)29-12-14(26)10-11-20(21)29;/h2-9,13-14H,10-12,26H2,1H3,(H,27,30,31);1H. The molecule has 32 heavy (non-hydrogen) atoms. The molecule has 6 nitrogen and oxygen atoms in total. The van der Waals surface area contributed by atoms with Gasteiger partial charge in [0.25, 0.3) is 11.8 Å². The third-order valence-corrected chi connectivity index (χ3v) is 6.60. The lowest BCUT2D eigenvalue weighted by Gasteiger charge is -2.23. The van der Waals surface area contributed by atoms with Crippen molar-refractivity contribution in [2.24, 2.45) is 12.8 Å². The normalized spacial score (nSPS) is 18.2. The summed E-state index contributed by atoms with van der Waals surface area (Å²) in [6.07, 6.45) is 3.58. The molecule has 0 saturated heterocycles. The smallest absolute Gasteiger partial charge is 0.259 e. The number of carbonyl (C=O) groups excluding carboxylic acids is 2. The number of aromatic nitrogens is 2. The molecule has 2 amide bonds. The van der Waals surface area contributed by atoms with Gasteiger partial charge < -0.3 is 14.9 Å². The second kappa shape index (κ2) is 7.36. The van der Waals surface area contributed by atoms with Crippen LogP contribution in [0.15, 0.2) is 54.7 Å². The molecule has 3 N–H and O–H groups in total. The molecule has 2 aromatic heterocycles. The lowest BCUT2D eigenvalue weighted by molar-refractivity contribution is -0.122. The van der Waals surface area contributed by atoms with Gasteiger partial charge in [-0.2, -0.15) is 0 Å². The average molecular weight is 447 g/mol. The van der Waals surface area contributed by atoms with E-state index in [4.69, 9.17) is 5.73 Å². The minimum Gasteiger partial charge on any atom is -0.350 e. The summed E-state index contributed by atoms with van der Waals surface area (Å²) >= 11 is 0. The molecule has 0 bridgehead atoms. The van der Waals surface area contributed by atoms with Gasteiger partial charge in [-0.1, -0.05) is 36.4 Å². The van der Waals surface area contributed by atoms with Crippen LogP contribution in [-0.4, -0.2) is 27.0 Å². The van der Waals surface area contributed by atoms with E-state index in [9.17, 15) is 9.59 Å². The van der Waals surface area contributed by atoms with Crippen molar-refractivity contribution in [1.82, 2.24) is 14.5 Å². The Labute approximate surface area is 191 Å². The number of rotatable bonds is 2. The number of amides is 2. The van der Waals surface area contributed by atoms with Crippen LogP contribution >= 0.6 is 12.4 Å². The number of benzene rings is 2. The number of aryl methyl sites for hydroxylation is 1. The summed E-state index contributed by atoms with van der Waals surface area (Å²) in [6, 6.07) is 16.1. The third-order valence-electron chi connectivity index (χ3n) is 6.60. The highest BCUT2D eigenvalue weighted by atomic mass is 35.5. The molecule has 2 aliphatic heterocycles. The van der Waals surface area contributed by atoms with Gasteiger partial charge in [-0.05, 0) is 25.0 Å². The van der Waals surface area contributed by atoms with Gasteiger partial charge in [0.05, 0.1) is 11.1 Å². The number of hydrogen-bond acceptors (Lipinski definition) is 3. The Morgan fingerprint density at radius 1 is 0.938 bits per heavy atom. The Bertz CT molecular complexity index is 1460. The van der Waals surface area contributed by atoms with E-state index in [0.29, 0.717) is 17.7 Å². The van der Waals surface area contributed by atoms with Crippen LogP contribution in [0, 0.1) is 0 Å². The number of nitrogens with two attached hydrogens (primary N) is 1. The molecule has 1 unspecified atom stereocenters. The lowest BCUT2D eigenvalue weighted by Crippen LogP contribution is -2.32. The monoisotopic (exact) mass is 446 g/mol.